The fourth-order valence-electron chi connectivity index (χ4n) is 4.97. The van der Waals surface area contributed by atoms with Crippen LogP contribution in [0.4, 0.5) is 0 Å². The highest BCUT2D eigenvalue weighted by atomic mass is 16.3. The van der Waals surface area contributed by atoms with E-state index in [1.807, 2.05) is 55.7 Å². The number of carbonyl (C=O) groups excluding carboxylic acids is 2. The number of furan rings is 1. The van der Waals surface area contributed by atoms with Crippen molar-refractivity contribution in [2.75, 3.05) is 26.2 Å². The third kappa shape index (κ3) is 3.82. The van der Waals surface area contributed by atoms with Gasteiger partial charge in [0.05, 0.1) is 23.5 Å². The van der Waals surface area contributed by atoms with Crippen molar-refractivity contribution < 1.29 is 14.0 Å². The van der Waals surface area contributed by atoms with Gasteiger partial charge in [-0.05, 0) is 45.0 Å². The first-order valence-electron chi connectivity index (χ1n) is 11.6. The maximum absolute atomic E-state index is 13.4. The second kappa shape index (κ2) is 8.90. The van der Waals surface area contributed by atoms with E-state index in [4.69, 9.17) is 4.42 Å². The van der Waals surface area contributed by atoms with Gasteiger partial charge >= 0.3 is 0 Å². The zero-order valence-corrected chi connectivity index (χ0v) is 20.0. The highest BCUT2D eigenvalue weighted by Gasteiger charge is 2.31. The third-order valence-corrected chi connectivity index (χ3v) is 6.81. The molecule has 0 spiro atoms. The summed E-state index contributed by atoms with van der Waals surface area (Å²) in [4.78, 5) is 42.8. The molecule has 180 valence electrons. The highest BCUT2D eigenvalue weighted by Crippen LogP contribution is 2.27. The number of aromatic nitrogens is 3. The number of fused-ring (bicyclic) bond motifs is 1. The van der Waals surface area contributed by atoms with Crippen molar-refractivity contribution in [3.8, 4) is 5.69 Å². The predicted molar refractivity (Wildman–Crippen MR) is 131 cm³/mol. The minimum atomic E-state index is -0.501. The molecule has 1 aromatic carbocycles. The molecule has 2 amide bonds. The van der Waals surface area contributed by atoms with Crippen molar-refractivity contribution >= 4 is 22.6 Å². The molecule has 5 rings (SSSR count). The average molecular weight is 474 g/mol. The van der Waals surface area contributed by atoms with Gasteiger partial charge in [0.15, 0.2) is 5.76 Å². The molecule has 1 fully saturated rings. The smallest absolute Gasteiger partial charge is 0.289 e. The summed E-state index contributed by atoms with van der Waals surface area (Å²) < 4.78 is 8.52. The molecule has 1 aliphatic rings. The largest absolute Gasteiger partial charge is 0.459 e. The summed E-state index contributed by atoms with van der Waals surface area (Å²) in [6.45, 7) is 7.39. The van der Waals surface area contributed by atoms with Gasteiger partial charge < -0.3 is 18.8 Å². The number of nitrogens with zero attached hydrogens (tertiary/aromatic N) is 5. The van der Waals surface area contributed by atoms with E-state index < -0.39 is 6.04 Å². The van der Waals surface area contributed by atoms with Crippen molar-refractivity contribution in [2.45, 2.75) is 26.8 Å². The van der Waals surface area contributed by atoms with Crippen LogP contribution in [-0.2, 0) is 4.79 Å². The minimum absolute atomic E-state index is 0.0436. The number of benzene rings is 1. The van der Waals surface area contributed by atoms with Gasteiger partial charge in [-0.3, -0.25) is 14.4 Å². The molecule has 1 unspecified atom stereocenters. The number of para-hydroxylation sites is 1. The maximum atomic E-state index is 13.4. The summed E-state index contributed by atoms with van der Waals surface area (Å²) in [7, 11) is 0. The lowest BCUT2D eigenvalue weighted by Crippen LogP contribution is -2.52. The molecule has 4 heterocycles. The van der Waals surface area contributed by atoms with Crippen LogP contribution in [0, 0.1) is 13.8 Å². The van der Waals surface area contributed by atoms with Crippen LogP contribution in [0.5, 0.6) is 0 Å². The Hall–Kier alpha value is -4.14. The van der Waals surface area contributed by atoms with Crippen LogP contribution in [0.1, 0.15) is 34.9 Å². The van der Waals surface area contributed by atoms with Gasteiger partial charge in [-0.15, -0.1) is 0 Å². The normalized spacial score (nSPS) is 14.9. The minimum Gasteiger partial charge on any atom is -0.459 e. The number of carbonyl (C=O) groups is 2. The van der Waals surface area contributed by atoms with E-state index in [2.05, 4.69) is 5.10 Å². The number of amides is 2. The van der Waals surface area contributed by atoms with Gasteiger partial charge in [-0.1, -0.05) is 18.2 Å². The highest BCUT2D eigenvalue weighted by molar-refractivity contribution is 5.92. The van der Waals surface area contributed by atoms with E-state index in [-0.39, 0.29) is 17.4 Å². The van der Waals surface area contributed by atoms with Gasteiger partial charge in [0.1, 0.15) is 6.04 Å². The van der Waals surface area contributed by atoms with E-state index in [9.17, 15) is 14.4 Å². The fraction of sp³-hybridized carbons (Fsp3) is 0.308. The van der Waals surface area contributed by atoms with E-state index in [0.717, 1.165) is 16.8 Å². The number of rotatable bonds is 4. The number of hydrogen-bond acceptors (Lipinski definition) is 5. The Morgan fingerprint density at radius 3 is 2.29 bits per heavy atom. The second-order valence-electron chi connectivity index (χ2n) is 8.80. The molecule has 1 atom stereocenters. The molecule has 9 nitrogen and oxygen atoms in total. The van der Waals surface area contributed by atoms with Crippen molar-refractivity contribution in [2.24, 2.45) is 0 Å². The van der Waals surface area contributed by atoms with Crippen LogP contribution in [0.25, 0.3) is 16.5 Å². The first-order chi connectivity index (χ1) is 16.9. The predicted octanol–water partition coefficient (Wildman–Crippen LogP) is 2.94. The van der Waals surface area contributed by atoms with Crippen LogP contribution in [0.15, 0.2) is 64.1 Å². The number of piperazine rings is 1. The Kier molecular flexibility index (Phi) is 5.76. The molecular formula is C26H27N5O4. The lowest BCUT2D eigenvalue weighted by molar-refractivity contribution is -0.135. The summed E-state index contributed by atoms with van der Waals surface area (Å²) in [6.07, 6.45) is 3.17. The Bertz CT molecular complexity index is 1440. The number of aryl methyl sites for hydroxylation is 2. The first-order valence-corrected chi connectivity index (χ1v) is 11.6. The van der Waals surface area contributed by atoms with Crippen LogP contribution in [0.3, 0.4) is 0 Å². The van der Waals surface area contributed by atoms with Crippen LogP contribution >= 0.6 is 0 Å². The molecule has 35 heavy (non-hydrogen) atoms. The van der Waals surface area contributed by atoms with Crippen molar-refractivity contribution in [3.05, 3.63) is 82.4 Å². The Labute approximate surface area is 202 Å². The first kappa shape index (κ1) is 22.6. The SMILES string of the molecule is Cc1c2cnn(-c3ccccc3)c(=O)c2c(C)n1C(C)C(=O)N1CCN(C(=O)c2ccco2)CC1. The van der Waals surface area contributed by atoms with Crippen molar-refractivity contribution in [1.29, 1.82) is 0 Å². The zero-order valence-electron chi connectivity index (χ0n) is 20.0. The summed E-state index contributed by atoms with van der Waals surface area (Å²) in [5, 5.41) is 5.69. The lowest BCUT2D eigenvalue weighted by Gasteiger charge is -2.36. The quantitative estimate of drug-likeness (QED) is 0.454. The Morgan fingerprint density at radius 2 is 1.63 bits per heavy atom. The Morgan fingerprint density at radius 1 is 0.943 bits per heavy atom. The molecular weight excluding hydrogens is 446 g/mol. The van der Waals surface area contributed by atoms with Crippen molar-refractivity contribution in [3.63, 3.8) is 0 Å². The molecule has 1 aliphatic heterocycles. The fourth-order valence-corrected chi connectivity index (χ4v) is 4.97. The maximum Gasteiger partial charge on any atom is 0.289 e. The third-order valence-electron chi connectivity index (χ3n) is 6.81. The van der Waals surface area contributed by atoms with Crippen LogP contribution in [-0.4, -0.2) is 62.1 Å². The molecule has 4 aromatic rings. The van der Waals surface area contributed by atoms with Crippen molar-refractivity contribution in [1.82, 2.24) is 24.1 Å². The van der Waals surface area contributed by atoms with Gasteiger partial charge in [0.2, 0.25) is 5.91 Å². The zero-order chi connectivity index (χ0) is 24.7. The van der Waals surface area contributed by atoms with E-state index in [1.54, 1.807) is 28.1 Å². The van der Waals surface area contributed by atoms with Crippen LogP contribution < -0.4 is 5.56 Å². The molecule has 3 aromatic heterocycles. The van der Waals surface area contributed by atoms with Gasteiger partial charge in [0.25, 0.3) is 11.5 Å². The standard InChI is InChI=1S/C26H27N5O4/c1-17-21-16-27-31(20-8-5-4-6-9-20)26(34)23(21)18(2)30(17)19(3)24(32)28-11-13-29(14-12-28)25(33)22-10-7-15-35-22/h4-10,15-16,19H,11-14H2,1-3H3. The summed E-state index contributed by atoms with van der Waals surface area (Å²) in [5.74, 6) is 0.0943. The summed E-state index contributed by atoms with van der Waals surface area (Å²) in [5.41, 5.74) is 2.05. The topological polar surface area (TPSA) is 93.6 Å². The van der Waals surface area contributed by atoms with Gasteiger partial charge in [-0.25, -0.2) is 0 Å². The van der Waals surface area contributed by atoms with E-state index >= 15 is 0 Å². The lowest BCUT2D eigenvalue weighted by atomic mass is 10.2. The van der Waals surface area contributed by atoms with Gasteiger partial charge in [-0.2, -0.15) is 9.78 Å². The molecule has 0 bridgehead atoms. The van der Waals surface area contributed by atoms with Gasteiger partial charge in [0, 0.05) is 43.0 Å². The molecule has 0 aliphatic carbocycles. The molecule has 0 N–H and O–H groups in total. The van der Waals surface area contributed by atoms with Crippen LogP contribution in [0.2, 0.25) is 0 Å². The monoisotopic (exact) mass is 473 g/mol. The molecule has 0 saturated carbocycles. The Balaban J connectivity index is 1.39. The summed E-state index contributed by atoms with van der Waals surface area (Å²) in [6, 6.07) is 12.1. The average Bonchev–Trinajstić information content (AvgIpc) is 3.51. The molecule has 1 saturated heterocycles. The van der Waals surface area contributed by atoms with E-state index in [1.165, 1.54) is 10.9 Å². The van der Waals surface area contributed by atoms with E-state index in [0.29, 0.717) is 43.0 Å². The second-order valence-corrected chi connectivity index (χ2v) is 8.80. The molecule has 0 radical (unpaired) electrons. The number of hydrogen-bond donors (Lipinski definition) is 0. The summed E-state index contributed by atoms with van der Waals surface area (Å²) >= 11 is 0. The molecule has 9 heteroatoms.